The Morgan fingerprint density at radius 3 is 2.44 bits per heavy atom. The van der Waals surface area contributed by atoms with Gasteiger partial charge in [-0.3, -0.25) is 4.79 Å². The largest absolute Gasteiger partial charge is 0.480 e. The number of carboxylic acids is 1. The number of carbonyl (C=O) groups excluding carboxylic acids is 1. The highest BCUT2D eigenvalue weighted by atomic mass is 16.5. The van der Waals surface area contributed by atoms with Crippen LogP contribution in [0.25, 0.3) is 0 Å². The monoisotopic (exact) mass is 342 g/mol. The van der Waals surface area contributed by atoms with Gasteiger partial charge in [-0.25, -0.2) is 9.79 Å². The zero-order chi connectivity index (χ0) is 18.4. The maximum Gasteiger partial charge on any atom is 0.341 e. The molecule has 0 aromatic heterocycles. The number of aliphatic imine (C=N–C) groups is 1. The Hall–Kier alpha value is -3.55. The SMILES string of the molecule is Cc1ccc(OCC(=O)O)c(NC(=O)c2ccc(N=C(N)N)cc2)c1. The average Bonchev–Trinajstić information content (AvgIpc) is 2.54. The van der Waals surface area contributed by atoms with Crippen LogP contribution in [0.5, 0.6) is 5.75 Å². The number of rotatable bonds is 6. The van der Waals surface area contributed by atoms with Gasteiger partial charge >= 0.3 is 5.97 Å². The van der Waals surface area contributed by atoms with E-state index < -0.39 is 12.6 Å². The molecule has 0 heterocycles. The summed E-state index contributed by atoms with van der Waals surface area (Å²) in [5, 5.41) is 11.4. The second-order valence-electron chi connectivity index (χ2n) is 5.22. The summed E-state index contributed by atoms with van der Waals surface area (Å²) in [5.41, 5.74) is 12.8. The predicted octanol–water partition coefficient (Wildman–Crippen LogP) is 1.62. The molecule has 2 rings (SSSR count). The van der Waals surface area contributed by atoms with Crippen molar-refractivity contribution in [3.63, 3.8) is 0 Å². The molecule has 2 aromatic rings. The Bertz CT molecular complexity index is 812. The first kappa shape index (κ1) is 17.8. The van der Waals surface area contributed by atoms with Crippen LogP contribution >= 0.6 is 0 Å². The molecule has 0 aliphatic rings. The van der Waals surface area contributed by atoms with Gasteiger partial charge in [-0.1, -0.05) is 6.07 Å². The number of nitrogens with two attached hydrogens (primary N) is 2. The third-order valence-electron chi connectivity index (χ3n) is 3.12. The van der Waals surface area contributed by atoms with E-state index in [1.54, 1.807) is 42.5 Å². The minimum atomic E-state index is -1.10. The molecule has 8 heteroatoms. The molecule has 0 unspecified atom stereocenters. The first-order valence-corrected chi connectivity index (χ1v) is 7.31. The summed E-state index contributed by atoms with van der Waals surface area (Å²) < 4.78 is 5.19. The van der Waals surface area contributed by atoms with Gasteiger partial charge in [0.2, 0.25) is 0 Å². The van der Waals surface area contributed by atoms with Crippen LogP contribution in [0.15, 0.2) is 47.5 Å². The molecular formula is C17H18N4O4. The van der Waals surface area contributed by atoms with E-state index >= 15 is 0 Å². The molecule has 130 valence electrons. The van der Waals surface area contributed by atoms with Crippen molar-refractivity contribution in [2.24, 2.45) is 16.5 Å². The Labute approximate surface area is 144 Å². The van der Waals surface area contributed by atoms with Crippen molar-refractivity contribution in [2.75, 3.05) is 11.9 Å². The summed E-state index contributed by atoms with van der Waals surface area (Å²) in [7, 11) is 0. The normalized spacial score (nSPS) is 9.96. The first-order valence-electron chi connectivity index (χ1n) is 7.31. The predicted molar refractivity (Wildman–Crippen MR) is 94.2 cm³/mol. The number of ether oxygens (including phenoxy) is 1. The smallest absolute Gasteiger partial charge is 0.341 e. The quantitative estimate of drug-likeness (QED) is 0.464. The van der Waals surface area contributed by atoms with Crippen molar-refractivity contribution < 1.29 is 19.4 Å². The van der Waals surface area contributed by atoms with Gasteiger partial charge in [0, 0.05) is 5.56 Å². The van der Waals surface area contributed by atoms with E-state index in [4.69, 9.17) is 21.3 Å². The molecule has 2 aromatic carbocycles. The third-order valence-corrected chi connectivity index (χ3v) is 3.12. The molecule has 0 saturated carbocycles. The van der Waals surface area contributed by atoms with Crippen molar-refractivity contribution in [3.05, 3.63) is 53.6 Å². The van der Waals surface area contributed by atoms with Gasteiger partial charge in [-0.15, -0.1) is 0 Å². The number of aliphatic carboxylic acids is 1. The van der Waals surface area contributed by atoms with E-state index in [2.05, 4.69) is 10.3 Å². The fourth-order valence-electron chi connectivity index (χ4n) is 2.04. The topological polar surface area (TPSA) is 140 Å². The number of hydrogen-bond donors (Lipinski definition) is 4. The molecule has 6 N–H and O–H groups in total. The van der Waals surface area contributed by atoms with Crippen molar-refractivity contribution in [2.45, 2.75) is 6.92 Å². The van der Waals surface area contributed by atoms with Crippen molar-refractivity contribution in [1.82, 2.24) is 0 Å². The Balaban J connectivity index is 2.18. The standard InChI is InChI=1S/C17H18N4O4/c1-10-2-7-14(25-9-15(22)23)13(8-10)21-16(24)11-3-5-12(6-4-11)20-17(18)19/h2-8H,9H2,1H3,(H,21,24)(H,22,23)(H4,18,19,20). The van der Waals surface area contributed by atoms with Gasteiger partial charge in [-0.05, 0) is 48.9 Å². The van der Waals surface area contributed by atoms with E-state index in [-0.39, 0.29) is 17.6 Å². The van der Waals surface area contributed by atoms with Crippen LogP contribution in [0.3, 0.4) is 0 Å². The van der Waals surface area contributed by atoms with E-state index in [0.717, 1.165) is 5.56 Å². The lowest BCUT2D eigenvalue weighted by atomic mass is 10.1. The highest BCUT2D eigenvalue weighted by molar-refractivity contribution is 6.05. The molecule has 0 saturated heterocycles. The Morgan fingerprint density at radius 2 is 1.84 bits per heavy atom. The lowest BCUT2D eigenvalue weighted by Crippen LogP contribution is -2.21. The molecule has 25 heavy (non-hydrogen) atoms. The summed E-state index contributed by atoms with van der Waals surface area (Å²) >= 11 is 0. The fourth-order valence-corrected chi connectivity index (χ4v) is 2.04. The lowest BCUT2D eigenvalue weighted by Gasteiger charge is -2.12. The molecule has 0 bridgehead atoms. The van der Waals surface area contributed by atoms with E-state index in [0.29, 0.717) is 16.9 Å². The number of amides is 1. The first-order chi connectivity index (χ1) is 11.8. The number of anilines is 1. The summed E-state index contributed by atoms with van der Waals surface area (Å²) in [6.07, 6.45) is 0. The Morgan fingerprint density at radius 1 is 1.16 bits per heavy atom. The second kappa shape index (κ2) is 7.82. The highest BCUT2D eigenvalue weighted by Crippen LogP contribution is 2.26. The number of carbonyl (C=O) groups is 2. The van der Waals surface area contributed by atoms with Gasteiger partial charge in [0.25, 0.3) is 5.91 Å². The zero-order valence-electron chi connectivity index (χ0n) is 13.5. The van der Waals surface area contributed by atoms with Gasteiger partial charge in [0.15, 0.2) is 12.6 Å². The molecule has 0 fully saturated rings. The lowest BCUT2D eigenvalue weighted by molar-refractivity contribution is -0.139. The number of benzene rings is 2. The van der Waals surface area contributed by atoms with Crippen LogP contribution in [-0.4, -0.2) is 29.5 Å². The van der Waals surface area contributed by atoms with Crippen LogP contribution in [0.2, 0.25) is 0 Å². The summed E-state index contributed by atoms with van der Waals surface area (Å²) in [6, 6.07) is 11.4. The van der Waals surface area contributed by atoms with Gasteiger partial charge in [0.1, 0.15) is 5.75 Å². The minimum Gasteiger partial charge on any atom is -0.480 e. The molecule has 1 amide bonds. The molecule has 0 aliphatic carbocycles. The molecule has 0 radical (unpaired) electrons. The summed E-state index contributed by atoms with van der Waals surface area (Å²) in [6.45, 7) is 1.35. The van der Waals surface area contributed by atoms with Crippen LogP contribution in [-0.2, 0) is 4.79 Å². The van der Waals surface area contributed by atoms with Gasteiger partial charge < -0.3 is 26.6 Å². The number of aryl methyl sites for hydroxylation is 1. The third kappa shape index (κ3) is 5.24. The number of guanidine groups is 1. The molecule has 0 spiro atoms. The van der Waals surface area contributed by atoms with E-state index in [1.165, 1.54) is 0 Å². The molecule has 0 atom stereocenters. The van der Waals surface area contributed by atoms with Crippen molar-refractivity contribution in [3.8, 4) is 5.75 Å². The van der Waals surface area contributed by atoms with Crippen LogP contribution in [0, 0.1) is 6.92 Å². The van der Waals surface area contributed by atoms with Crippen LogP contribution in [0.1, 0.15) is 15.9 Å². The number of carboxylic acid groups (broad SMARTS) is 1. The number of nitrogens with zero attached hydrogens (tertiary/aromatic N) is 1. The van der Waals surface area contributed by atoms with Gasteiger partial charge in [0.05, 0.1) is 11.4 Å². The number of hydrogen-bond acceptors (Lipinski definition) is 4. The van der Waals surface area contributed by atoms with E-state index in [1.807, 2.05) is 6.92 Å². The van der Waals surface area contributed by atoms with Crippen molar-refractivity contribution >= 4 is 29.2 Å². The molecule has 0 aliphatic heterocycles. The molecular weight excluding hydrogens is 324 g/mol. The maximum absolute atomic E-state index is 12.4. The summed E-state index contributed by atoms with van der Waals surface area (Å²) in [4.78, 5) is 26.9. The average molecular weight is 342 g/mol. The minimum absolute atomic E-state index is 0.0721. The maximum atomic E-state index is 12.4. The van der Waals surface area contributed by atoms with Crippen molar-refractivity contribution in [1.29, 1.82) is 0 Å². The van der Waals surface area contributed by atoms with E-state index in [9.17, 15) is 9.59 Å². The second-order valence-corrected chi connectivity index (χ2v) is 5.22. The summed E-state index contributed by atoms with van der Waals surface area (Å²) in [5.74, 6) is -1.27. The zero-order valence-corrected chi connectivity index (χ0v) is 13.5. The highest BCUT2D eigenvalue weighted by Gasteiger charge is 2.11. The molecule has 8 nitrogen and oxygen atoms in total. The van der Waals surface area contributed by atoms with Gasteiger partial charge in [-0.2, -0.15) is 0 Å². The van der Waals surface area contributed by atoms with Crippen LogP contribution in [0.4, 0.5) is 11.4 Å². The Kier molecular flexibility index (Phi) is 5.57. The fraction of sp³-hybridized carbons (Fsp3) is 0.118. The number of nitrogens with one attached hydrogen (secondary N) is 1. The van der Waals surface area contributed by atoms with Crippen LogP contribution < -0.4 is 21.5 Å².